The highest BCUT2D eigenvalue weighted by Crippen LogP contribution is 2.30. The highest BCUT2D eigenvalue weighted by Gasteiger charge is 2.30. The van der Waals surface area contributed by atoms with Gasteiger partial charge in [-0.3, -0.25) is 9.78 Å². The minimum atomic E-state index is 0.138. The van der Waals surface area contributed by atoms with Crippen LogP contribution in [0.25, 0.3) is 10.9 Å². The van der Waals surface area contributed by atoms with Crippen molar-refractivity contribution < 1.29 is 4.79 Å². The monoisotopic (exact) mass is 260 g/mol. The first kappa shape index (κ1) is 11.5. The normalized spacial score (nSPS) is 19.7. The number of fused-ring (bicyclic) bond motifs is 1. The maximum Gasteiger partial charge on any atom is 0.227 e. The van der Waals surface area contributed by atoms with Crippen molar-refractivity contribution in [3.63, 3.8) is 0 Å². The lowest BCUT2D eigenvalue weighted by Gasteiger charge is -2.17. The van der Waals surface area contributed by atoms with Crippen LogP contribution in [-0.2, 0) is 4.79 Å². The number of halogens is 1. The third-order valence-electron chi connectivity index (χ3n) is 3.33. The fourth-order valence-electron chi connectivity index (χ4n) is 2.42. The molecule has 92 valence electrons. The molecule has 0 aliphatic carbocycles. The zero-order valence-electron chi connectivity index (χ0n) is 9.84. The summed E-state index contributed by atoms with van der Waals surface area (Å²) in [5.41, 5.74) is 1.77. The predicted molar refractivity (Wildman–Crippen MR) is 72.9 cm³/mol. The number of alkyl halides is 1. The summed E-state index contributed by atoms with van der Waals surface area (Å²) in [6.45, 7) is 0.692. The summed E-state index contributed by atoms with van der Waals surface area (Å²) >= 11 is 5.85. The molecule has 1 unspecified atom stereocenters. The van der Waals surface area contributed by atoms with Crippen LogP contribution in [0.5, 0.6) is 0 Å². The number of anilines is 1. The lowest BCUT2D eigenvalue weighted by Crippen LogP contribution is -2.25. The van der Waals surface area contributed by atoms with Gasteiger partial charge < -0.3 is 4.90 Å². The van der Waals surface area contributed by atoms with E-state index in [1.165, 1.54) is 0 Å². The van der Waals surface area contributed by atoms with E-state index in [1.54, 1.807) is 6.20 Å². The SMILES string of the molecule is O=C1CC(CCl)CN1c1cccc2cccnc12. The number of benzene rings is 1. The Morgan fingerprint density at radius 3 is 2.94 bits per heavy atom. The number of pyridine rings is 1. The van der Waals surface area contributed by atoms with Gasteiger partial charge in [-0.25, -0.2) is 0 Å². The van der Waals surface area contributed by atoms with E-state index in [4.69, 9.17) is 11.6 Å². The summed E-state index contributed by atoms with van der Waals surface area (Å²) in [7, 11) is 0. The Kier molecular flexibility index (Phi) is 2.92. The van der Waals surface area contributed by atoms with Crippen LogP contribution >= 0.6 is 11.6 Å². The van der Waals surface area contributed by atoms with E-state index in [9.17, 15) is 4.79 Å². The minimum Gasteiger partial charge on any atom is -0.310 e. The third-order valence-corrected chi connectivity index (χ3v) is 3.76. The molecule has 18 heavy (non-hydrogen) atoms. The van der Waals surface area contributed by atoms with Gasteiger partial charge in [0.25, 0.3) is 0 Å². The van der Waals surface area contributed by atoms with Crippen molar-refractivity contribution in [3.05, 3.63) is 36.5 Å². The number of aromatic nitrogens is 1. The number of carbonyl (C=O) groups is 1. The number of hydrogen-bond acceptors (Lipinski definition) is 2. The highest BCUT2D eigenvalue weighted by molar-refractivity contribution is 6.18. The van der Waals surface area contributed by atoms with E-state index < -0.39 is 0 Å². The molecule has 1 aliphatic heterocycles. The largest absolute Gasteiger partial charge is 0.310 e. The molecule has 2 heterocycles. The standard InChI is InChI=1S/C14H13ClN2O/c15-8-10-7-13(18)17(9-10)12-5-1-3-11-4-2-6-16-14(11)12/h1-6,10H,7-9H2. The summed E-state index contributed by atoms with van der Waals surface area (Å²) in [5.74, 6) is 0.914. The zero-order valence-corrected chi connectivity index (χ0v) is 10.6. The second kappa shape index (κ2) is 4.58. The van der Waals surface area contributed by atoms with Crippen molar-refractivity contribution in [2.45, 2.75) is 6.42 Å². The smallest absolute Gasteiger partial charge is 0.227 e. The van der Waals surface area contributed by atoms with E-state index in [0.717, 1.165) is 16.6 Å². The Morgan fingerprint density at radius 2 is 2.17 bits per heavy atom. The fourth-order valence-corrected chi connectivity index (χ4v) is 2.63. The van der Waals surface area contributed by atoms with E-state index in [2.05, 4.69) is 4.98 Å². The van der Waals surface area contributed by atoms with E-state index >= 15 is 0 Å². The van der Waals surface area contributed by atoms with Gasteiger partial charge in [-0.05, 0) is 18.1 Å². The van der Waals surface area contributed by atoms with Crippen molar-refractivity contribution >= 4 is 34.1 Å². The molecule has 1 saturated heterocycles. The van der Waals surface area contributed by atoms with Gasteiger partial charge in [-0.1, -0.05) is 18.2 Å². The Balaban J connectivity index is 2.07. The molecule has 0 saturated carbocycles. The summed E-state index contributed by atoms with van der Waals surface area (Å²) in [6.07, 6.45) is 2.29. The van der Waals surface area contributed by atoms with Gasteiger partial charge in [0, 0.05) is 30.4 Å². The third kappa shape index (κ3) is 1.85. The number of carbonyl (C=O) groups excluding carboxylic acids is 1. The lowest BCUT2D eigenvalue weighted by atomic mass is 10.1. The van der Waals surface area contributed by atoms with Gasteiger partial charge >= 0.3 is 0 Å². The molecule has 3 rings (SSSR count). The Bertz CT molecular complexity index is 594. The van der Waals surface area contributed by atoms with Gasteiger partial charge in [0.1, 0.15) is 0 Å². The quantitative estimate of drug-likeness (QED) is 0.778. The second-order valence-electron chi connectivity index (χ2n) is 4.58. The average molecular weight is 261 g/mol. The van der Waals surface area contributed by atoms with Crippen LogP contribution in [-0.4, -0.2) is 23.3 Å². The topological polar surface area (TPSA) is 33.2 Å². The van der Waals surface area contributed by atoms with Crippen molar-refractivity contribution in [3.8, 4) is 0 Å². The molecular formula is C14H13ClN2O. The molecule has 1 fully saturated rings. The summed E-state index contributed by atoms with van der Waals surface area (Å²) < 4.78 is 0. The summed E-state index contributed by atoms with van der Waals surface area (Å²) in [5, 5.41) is 1.05. The maximum absolute atomic E-state index is 12.0. The maximum atomic E-state index is 12.0. The molecule has 3 nitrogen and oxygen atoms in total. The van der Waals surface area contributed by atoms with Crippen LogP contribution < -0.4 is 4.90 Å². The molecule has 1 aromatic heterocycles. The average Bonchev–Trinajstić information content (AvgIpc) is 2.79. The van der Waals surface area contributed by atoms with E-state index in [0.29, 0.717) is 18.8 Å². The van der Waals surface area contributed by atoms with E-state index in [1.807, 2.05) is 35.2 Å². The Morgan fingerprint density at radius 1 is 1.33 bits per heavy atom. The van der Waals surface area contributed by atoms with Crippen molar-refractivity contribution in [1.29, 1.82) is 0 Å². The van der Waals surface area contributed by atoms with Gasteiger partial charge in [-0.2, -0.15) is 0 Å². The molecule has 0 radical (unpaired) electrons. The summed E-state index contributed by atoms with van der Waals surface area (Å²) in [6, 6.07) is 9.82. The number of nitrogens with zero attached hydrogens (tertiary/aromatic N) is 2. The highest BCUT2D eigenvalue weighted by atomic mass is 35.5. The van der Waals surface area contributed by atoms with Crippen LogP contribution in [0.1, 0.15) is 6.42 Å². The molecular weight excluding hydrogens is 248 g/mol. The lowest BCUT2D eigenvalue weighted by molar-refractivity contribution is -0.117. The van der Waals surface area contributed by atoms with Crippen LogP contribution in [0.15, 0.2) is 36.5 Å². The first-order valence-corrected chi connectivity index (χ1v) is 6.53. The number of para-hydroxylation sites is 1. The van der Waals surface area contributed by atoms with Gasteiger partial charge in [-0.15, -0.1) is 11.6 Å². The molecule has 1 atom stereocenters. The molecule has 0 spiro atoms. The molecule has 0 bridgehead atoms. The fraction of sp³-hybridized carbons (Fsp3) is 0.286. The number of amides is 1. The van der Waals surface area contributed by atoms with Crippen molar-refractivity contribution in [1.82, 2.24) is 4.98 Å². The van der Waals surface area contributed by atoms with Gasteiger partial charge in [0.2, 0.25) is 5.91 Å². The summed E-state index contributed by atoms with van der Waals surface area (Å²) in [4.78, 5) is 18.2. The van der Waals surface area contributed by atoms with Gasteiger partial charge in [0.15, 0.2) is 0 Å². The van der Waals surface area contributed by atoms with Crippen LogP contribution in [0.2, 0.25) is 0 Å². The number of rotatable bonds is 2. The molecule has 2 aromatic rings. The van der Waals surface area contributed by atoms with Crippen molar-refractivity contribution in [2.75, 3.05) is 17.3 Å². The van der Waals surface area contributed by atoms with Crippen LogP contribution in [0.4, 0.5) is 5.69 Å². The molecule has 1 aliphatic rings. The molecule has 1 amide bonds. The molecule has 4 heteroatoms. The van der Waals surface area contributed by atoms with Crippen molar-refractivity contribution in [2.24, 2.45) is 5.92 Å². The first-order chi connectivity index (χ1) is 8.79. The zero-order chi connectivity index (χ0) is 12.5. The Labute approximate surface area is 110 Å². The van der Waals surface area contributed by atoms with Crippen LogP contribution in [0.3, 0.4) is 0 Å². The molecule has 0 N–H and O–H groups in total. The molecule has 1 aromatic carbocycles. The van der Waals surface area contributed by atoms with E-state index in [-0.39, 0.29) is 11.8 Å². The number of hydrogen-bond donors (Lipinski definition) is 0. The predicted octanol–water partition coefficient (Wildman–Crippen LogP) is 2.83. The second-order valence-corrected chi connectivity index (χ2v) is 4.89. The Hall–Kier alpha value is -1.61. The minimum absolute atomic E-state index is 0.138. The first-order valence-electron chi connectivity index (χ1n) is 5.99. The van der Waals surface area contributed by atoms with Crippen LogP contribution in [0, 0.1) is 5.92 Å². The van der Waals surface area contributed by atoms with Gasteiger partial charge in [0.05, 0.1) is 11.2 Å².